The Kier molecular flexibility index (Phi) is 35.3. The van der Waals surface area contributed by atoms with Gasteiger partial charge in [-0.2, -0.15) is 8.42 Å². The summed E-state index contributed by atoms with van der Waals surface area (Å²) in [5, 5.41) is 51.0. The van der Waals surface area contributed by atoms with Crippen LogP contribution in [0.4, 0.5) is 0 Å². The predicted octanol–water partition coefficient (Wildman–Crippen LogP) is 18.0. The van der Waals surface area contributed by atoms with E-state index in [1.807, 2.05) is 16.1 Å². The van der Waals surface area contributed by atoms with E-state index in [1.54, 1.807) is 30.3 Å². The number of benzene rings is 4. The van der Waals surface area contributed by atoms with Crippen LogP contribution in [0.25, 0.3) is 33.1 Å². The number of hydrogen-bond acceptors (Lipinski definition) is 19. The molecule has 0 aliphatic heterocycles. The molecule has 0 radical (unpaired) electrons. The van der Waals surface area contributed by atoms with E-state index in [4.69, 9.17) is 117 Å². The maximum Gasteiger partial charge on any atom is 0.296 e. The first-order valence-electron chi connectivity index (χ1n) is 36.5. The van der Waals surface area contributed by atoms with Gasteiger partial charge in [-0.15, -0.1) is 0 Å². The molecule has 3 saturated carbocycles. The molecule has 0 bridgehead atoms. The molecule has 6 N–H and O–H groups in total. The fourth-order valence-corrected chi connectivity index (χ4v) is 16.8. The molecule has 3 heterocycles. The molecule has 0 amide bonds. The summed E-state index contributed by atoms with van der Waals surface area (Å²) in [6.07, 6.45) is 6.86. The zero-order valence-corrected chi connectivity index (χ0v) is 73.1. The summed E-state index contributed by atoms with van der Waals surface area (Å²) < 4.78 is 79.5. The number of imidazole rings is 3. The number of fused-ring (bicyclic) bond motifs is 3. The largest absolute Gasteiger partial charge is 0.504 e. The fourth-order valence-electron chi connectivity index (χ4n) is 11.7. The van der Waals surface area contributed by atoms with E-state index < -0.39 is 48.5 Å². The Hall–Kier alpha value is -3.19. The number of ether oxygens (including phenoxy) is 8. The van der Waals surface area contributed by atoms with E-state index >= 15 is 0 Å². The van der Waals surface area contributed by atoms with Crippen LogP contribution < -0.4 is 9.47 Å². The number of rotatable bonds is 35. The smallest absolute Gasteiger partial charge is 0.296 e. The summed E-state index contributed by atoms with van der Waals surface area (Å²) >= 11 is 37.7. The number of halogens is 6. The van der Waals surface area contributed by atoms with Gasteiger partial charge in [0.15, 0.2) is 17.2 Å². The number of nitrogens with one attached hydrogen (secondary N) is 1. The van der Waals surface area contributed by atoms with Crippen LogP contribution in [-0.2, 0) is 76.0 Å². The van der Waals surface area contributed by atoms with Crippen LogP contribution in [0.2, 0.25) is 133 Å². The Morgan fingerprint density at radius 1 is 0.509 bits per heavy atom. The van der Waals surface area contributed by atoms with Gasteiger partial charge < -0.3 is 77.5 Å². The lowest BCUT2D eigenvalue weighted by Crippen LogP contribution is -2.22. The maximum absolute atomic E-state index is 11.9. The molecule has 10 rings (SSSR count). The van der Waals surface area contributed by atoms with Crippen LogP contribution in [0.5, 0.6) is 17.2 Å². The van der Waals surface area contributed by atoms with Crippen molar-refractivity contribution in [1.29, 1.82) is 0 Å². The van der Waals surface area contributed by atoms with Gasteiger partial charge in [0.25, 0.3) is 10.1 Å². The SMILES string of the molecule is C[Si](C)(C)CCOCOCc1nc2c(O)c(Cl)c(Cl)cc2n1COCC[Si](C)(C)C.C[Si](C)(C)CCOCOCc1nc2c(OCC3CCCC3O)c(Cl)c(Cl)cc2n1COCC[Si](C)(C)C.Cc1ccc(S(=O)(=O)OCC2CCCC2O)cc1.OCc1nc2c(OCC3CCCC3O)c(Cl)c(Cl)cc2[nH]1. The molecular weight excluding hydrogens is 1570 g/mol. The lowest BCUT2D eigenvalue weighted by molar-refractivity contribution is -0.0610. The van der Waals surface area contributed by atoms with Crippen molar-refractivity contribution in [2.24, 2.45) is 17.8 Å². The van der Waals surface area contributed by atoms with Gasteiger partial charge in [-0.05, 0) is 100.0 Å². The summed E-state index contributed by atoms with van der Waals surface area (Å²) in [5.74, 6) is 2.57. The Morgan fingerprint density at radius 2 is 0.906 bits per heavy atom. The summed E-state index contributed by atoms with van der Waals surface area (Å²) in [4.78, 5) is 16.8. The summed E-state index contributed by atoms with van der Waals surface area (Å²) in [6, 6.07) is 16.0. The van der Waals surface area contributed by atoms with Crippen molar-refractivity contribution in [1.82, 2.24) is 29.1 Å². The first-order chi connectivity index (χ1) is 49.8. The molecular formula is C73H112Cl6N6O16SSi4. The van der Waals surface area contributed by atoms with Crippen molar-refractivity contribution in [3.8, 4) is 17.2 Å². The number of aromatic nitrogens is 6. The number of phenols is 1. The lowest BCUT2D eigenvalue weighted by Gasteiger charge is -2.17. The molecule has 3 aliphatic rings. The second-order valence-corrected chi connectivity index (χ2v) is 58.9. The zero-order chi connectivity index (χ0) is 77.9. The molecule has 22 nitrogen and oxygen atoms in total. The Morgan fingerprint density at radius 3 is 1.33 bits per heavy atom. The molecule has 3 aromatic heterocycles. The Bertz CT molecular complexity index is 4040. The van der Waals surface area contributed by atoms with Gasteiger partial charge in [0, 0.05) is 76.5 Å². The Balaban J connectivity index is 0.000000204. The lowest BCUT2D eigenvalue weighted by atomic mass is 10.1. The van der Waals surface area contributed by atoms with Gasteiger partial charge in [0.1, 0.15) is 96.0 Å². The van der Waals surface area contributed by atoms with Gasteiger partial charge >= 0.3 is 0 Å². The second kappa shape index (κ2) is 41.5. The molecule has 6 unspecified atom stereocenters. The number of hydrogen-bond donors (Lipinski definition) is 6. The fraction of sp³-hybridized carbons (Fsp3) is 0.630. The van der Waals surface area contributed by atoms with Gasteiger partial charge in [0.05, 0.1) is 74.6 Å². The van der Waals surface area contributed by atoms with Crippen LogP contribution >= 0.6 is 69.6 Å². The molecule has 4 aromatic carbocycles. The molecule has 6 atom stereocenters. The topological polar surface area (TPSA) is 283 Å². The number of phenolic OH excluding ortho intramolecular Hbond substituents is 1. The molecule has 33 heteroatoms. The third kappa shape index (κ3) is 28.2. The minimum absolute atomic E-state index is 0.0646. The van der Waals surface area contributed by atoms with E-state index in [0.717, 1.165) is 93.0 Å². The van der Waals surface area contributed by atoms with Crippen molar-refractivity contribution in [2.45, 2.75) is 224 Å². The highest BCUT2D eigenvalue weighted by Gasteiger charge is 2.32. The third-order valence-corrected chi connectivity index (χ3v) is 28.9. The first kappa shape index (κ1) is 90.0. The van der Waals surface area contributed by atoms with Crippen molar-refractivity contribution in [2.75, 3.05) is 59.8 Å². The summed E-state index contributed by atoms with van der Waals surface area (Å²) in [7, 11) is -8.38. The van der Waals surface area contributed by atoms with E-state index in [2.05, 4.69) is 93.5 Å². The quantitative estimate of drug-likeness (QED) is 0.00931. The van der Waals surface area contributed by atoms with Crippen molar-refractivity contribution in [3.05, 3.63) is 95.6 Å². The summed E-state index contributed by atoms with van der Waals surface area (Å²) in [5.41, 5.74) is 4.65. The molecule has 0 saturated heterocycles. The number of aromatic amines is 1. The number of H-pyrrole nitrogens is 1. The van der Waals surface area contributed by atoms with Crippen molar-refractivity contribution >= 4 is 145 Å². The van der Waals surface area contributed by atoms with Crippen LogP contribution in [0, 0.1) is 24.7 Å². The number of aromatic hydroxyl groups is 1. The Labute approximate surface area is 659 Å². The predicted molar refractivity (Wildman–Crippen MR) is 434 cm³/mol. The number of aliphatic hydroxyl groups excluding tert-OH is 4. The molecule has 3 aliphatic carbocycles. The van der Waals surface area contributed by atoms with Crippen LogP contribution in [-0.4, -0.2) is 173 Å². The monoisotopic (exact) mass is 1680 g/mol. The molecule has 106 heavy (non-hydrogen) atoms. The molecule has 7 aromatic rings. The van der Waals surface area contributed by atoms with Crippen molar-refractivity contribution in [3.63, 3.8) is 0 Å². The highest BCUT2D eigenvalue weighted by atomic mass is 35.5. The van der Waals surface area contributed by atoms with E-state index in [0.29, 0.717) is 130 Å². The van der Waals surface area contributed by atoms with E-state index in [-0.39, 0.29) is 90.7 Å². The van der Waals surface area contributed by atoms with Crippen LogP contribution in [0.15, 0.2) is 47.4 Å². The zero-order valence-electron chi connectivity index (χ0n) is 63.7. The van der Waals surface area contributed by atoms with Gasteiger partial charge in [-0.25, -0.2) is 15.0 Å². The number of nitrogens with zero attached hydrogens (tertiary/aromatic N) is 5. The standard InChI is InChI=1S/C26H44Cl2N2O5Si2.C20H34Cl2N2O4Si2.C14H16Cl2N2O3.C13H18O4S/c1-36(2,3)12-10-32-17-30-21-14-20(27)24(28)26(35-15-19-8-7-9-22(19)31)25(21)29-23(30)16-34-18-33-11-13-37(4,5)6;1-29(2,3)9-7-26-13-24-16-11-15(21)18(22)20(25)19(16)23-17(24)12-28-14-27-8-10-30(4,5)6;15-8-4-9-13(18-11(5-19)17-9)14(12(8)16)21-6-7-2-1-3-10(7)20;1-10-5-7-12(8-6-10)18(15,16)17-9-11-3-2-4-13(11)14/h14,19,22,31H,7-13,15-18H2,1-6H3;11,25H,7-10,12-14H2,1-6H3;4,7,10,19-20H,1-3,5-6H2,(H,17,18);5-8,11,13-14H,2-4,9H2,1H3. The molecule has 594 valence electrons. The maximum atomic E-state index is 11.9. The van der Waals surface area contributed by atoms with Gasteiger partial charge in [-0.1, -0.05) is 185 Å². The normalized spacial score (nSPS) is 18.7. The average molecular weight is 1690 g/mol. The van der Waals surface area contributed by atoms with Crippen molar-refractivity contribution < 1.29 is 76.0 Å². The van der Waals surface area contributed by atoms with Gasteiger partial charge in [0.2, 0.25) is 0 Å². The van der Waals surface area contributed by atoms with E-state index in [1.165, 1.54) is 12.1 Å². The van der Waals surface area contributed by atoms with Crippen LogP contribution in [0.1, 0.15) is 80.8 Å². The highest BCUT2D eigenvalue weighted by Crippen LogP contribution is 2.43. The minimum Gasteiger partial charge on any atom is -0.504 e. The average Bonchev–Trinajstić information content (AvgIpc) is 1.62. The molecule has 3 fully saturated rings. The second-order valence-electron chi connectivity index (χ2n) is 32.4. The van der Waals surface area contributed by atoms with Crippen LogP contribution in [0.3, 0.4) is 0 Å². The first-order valence-corrected chi connectivity index (χ1v) is 55.0. The van der Waals surface area contributed by atoms with Gasteiger partial charge in [-0.3, -0.25) is 4.18 Å². The number of aliphatic hydroxyl groups is 4. The third-order valence-electron chi connectivity index (χ3n) is 18.5. The van der Waals surface area contributed by atoms with E-state index in [9.17, 15) is 34.0 Å². The highest BCUT2D eigenvalue weighted by molar-refractivity contribution is 7.86. The molecule has 0 spiro atoms. The number of aryl methyl sites for hydroxylation is 1. The minimum atomic E-state index is -3.70. The summed E-state index contributed by atoms with van der Waals surface area (Å²) in [6.45, 7) is 34.6.